The van der Waals surface area contributed by atoms with Gasteiger partial charge in [0.25, 0.3) is 5.56 Å². The first-order chi connectivity index (χ1) is 8.88. The Morgan fingerprint density at radius 2 is 2.11 bits per heavy atom. The van der Waals surface area contributed by atoms with Crippen LogP contribution in [-0.2, 0) is 6.54 Å². The van der Waals surface area contributed by atoms with Gasteiger partial charge in [0, 0.05) is 6.54 Å². The molecular formula is C10H14N6O3. The Balaban J connectivity index is 3.52. The number of hydrogen-bond donors (Lipinski definition) is 4. The summed E-state index contributed by atoms with van der Waals surface area (Å²) in [4.78, 5) is 25.2. The van der Waals surface area contributed by atoms with Crippen LogP contribution < -0.4 is 22.7 Å². The minimum Gasteiger partial charge on any atom is -0.494 e. The van der Waals surface area contributed by atoms with Crippen molar-refractivity contribution in [2.75, 3.05) is 0 Å². The van der Waals surface area contributed by atoms with E-state index in [-0.39, 0.29) is 23.8 Å². The molecule has 0 aliphatic rings. The summed E-state index contributed by atoms with van der Waals surface area (Å²) in [6.07, 6.45) is 1.39. The number of nitrogens with two attached hydrogens (primary N) is 2. The predicted octanol–water partition coefficient (Wildman–Crippen LogP) is -1.57. The third-order valence-electron chi connectivity index (χ3n) is 2.16. The molecule has 0 saturated carbocycles. The standard InChI is InChI=1S/C10H14N6O3/c1-3-4-16-8(18)6(7(17)13-10(16)19)5(2)14-15-9(11)12/h3,18H,1,4H2,2H3,(H4,11,12,15)(H,13,17,19)/b14-5+. The number of aromatic amines is 1. The second-order valence-corrected chi connectivity index (χ2v) is 3.57. The molecule has 1 rings (SSSR count). The molecule has 102 valence electrons. The molecule has 0 spiro atoms. The average molecular weight is 266 g/mol. The van der Waals surface area contributed by atoms with Gasteiger partial charge in [-0.15, -0.1) is 11.7 Å². The zero-order valence-corrected chi connectivity index (χ0v) is 10.3. The van der Waals surface area contributed by atoms with Crippen LogP contribution in [0, 0.1) is 0 Å². The first-order valence-corrected chi connectivity index (χ1v) is 5.19. The van der Waals surface area contributed by atoms with Gasteiger partial charge >= 0.3 is 5.69 Å². The van der Waals surface area contributed by atoms with Crippen molar-refractivity contribution < 1.29 is 5.11 Å². The minimum absolute atomic E-state index is 0.0318. The number of aromatic hydroxyl groups is 1. The summed E-state index contributed by atoms with van der Waals surface area (Å²) in [5.74, 6) is -0.824. The molecule has 1 aromatic rings. The highest BCUT2D eigenvalue weighted by molar-refractivity contribution is 6.00. The molecule has 1 aromatic heterocycles. The van der Waals surface area contributed by atoms with Crippen LogP contribution in [0.25, 0.3) is 0 Å². The van der Waals surface area contributed by atoms with Crippen LogP contribution in [0.2, 0.25) is 0 Å². The predicted molar refractivity (Wildman–Crippen MR) is 71.2 cm³/mol. The number of aromatic nitrogens is 2. The Kier molecular flexibility index (Phi) is 4.24. The van der Waals surface area contributed by atoms with Gasteiger partial charge in [0.05, 0.1) is 5.71 Å². The SMILES string of the molecule is C=CCn1c(O)c(/C(C)=N/N=C(N)N)c(=O)[nH]c1=O. The number of rotatable bonds is 4. The van der Waals surface area contributed by atoms with Crippen molar-refractivity contribution in [3.63, 3.8) is 0 Å². The molecular weight excluding hydrogens is 252 g/mol. The molecule has 0 amide bonds. The van der Waals surface area contributed by atoms with Gasteiger partial charge in [-0.05, 0) is 6.92 Å². The topological polar surface area (TPSA) is 152 Å². The van der Waals surface area contributed by atoms with Gasteiger partial charge in [-0.1, -0.05) is 6.08 Å². The van der Waals surface area contributed by atoms with E-state index >= 15 is 0 Å². The fourth-order valence-corrected chi connectivity index (χ4v) is 1.37. The van der Waals surface area contributed by atoms with E-state index in [9.17, 15) is 14.7 Å². The maximum Gasteiger partial charge on any atom is 0.331 e. The molecule has 0 aromatic carbocycles. The van der Waals surface area contributed by atoms with E-state index in [1.165, 1.54) is 13.0 Å². The molecule has 9 heteroatoms. The lowest BCUT2D eigenvalue weighted by Gasteiger charge is -2.08. The van der Waals surface area contributed by atoms with Crippen molar-refractivity contribution in [2.45, 2.75) is 13.5 Å². The highest BCUT2D eigenvalue weighted by Gasteiger charge is 2.16. The molecule has 6 N–H and O–H groups in total. The molecule has 19 heavy (non-hydrogen) atoms. The molecule has 9 nitrogen and oxygen atoms in total. The molecule has 0 atom stereocenters. The van der Waals surface area contributed by atoms with Crippen molar-refractivity contribution in [3.05, 3.63) is 39.1 Å². The van der Waals surface area contributed by atoms with E-state index in [2.05, 4.69) is 21.8 Å². The highest BCUT2D eigenvalue weighted by atomic mass is 16.3. The highest BCUT2D eigenvalue weighted by Crippen LogP contribution is 2.11. The van der Waals surface area contributed by atoms with E-state index in [1.54, 1.807) is 0 Å². The molecule has 0 aliphatic carbocycles. The number of allylic oxidation sites excluding steroid dienone is 1. The van der Waals surface area contributed by atoms with Crippen molar-refractivity contribution >= 4 is 11.7 Å². The zero-order valence-electron chi connectivity index (χ0n) is 10.3. The third-order valence-corrected chi connectivity index (χ3v) is 2.16. The van der Waals surface area contributed by atoms with Gasteiger partial charge in [0.15, 0.2) is 0 Å². The Morgan fingerprint density at radius 1 is 1.47 bits per heavy atom. The van der Waals surface area contributed by atoms with Crippen LogP contribution >= 0.6 is 0 Å². The van der Waals surface area contributed by atoms with E-state index in [1.807, 2.05) is 0 Å². The number of H-pyrrole nitrogens is 1. The van der Waals surface area contributed by atoms with Gasteiger partial charge in [-0.2, -0.15) is 5.10 Å². The van der Waals surface area contributed by atoms with Crippen LogP contribution in [0.15, 0.2) is 32.4 Å². The Hall–Kier alpha value is -2.84. The Bertz CT molecular complexity index is 663. The largest absolute Gasteiger partial charge is 0.494 e. The maximum atomic E-state index is 11.7. The lowest BCUT2D eigenvalue weighted by atomic mass is 10.2. The summed E-state index contributed by atoms with van der Waals surface area (Å²) in [7, 11) is 0. The molecule has 0 aliphatic heterocycles. The van der Waals surface area contributed by atoms with E-state index in [0.717, 1.165) is 4.57 Å². The number of nitrogens with one attached hydrogen (secondary N) is 1. The van der Waals surface area contributed by atoms with Crippen molar-refractivity contribution in [1.82, 2.24) is 9.55 Å². The molecule has 1 heterocycles. The van der Waals surface area contributed by atoms with Crippen LogP contribution in [0.3, 0.4) is 0 Å². The van der Waals surface area contributed by atoms with Gasteiger partial charge in [-0.25, -0.2) is 4.79 Å². The molecule has 0 bridgehead atoms. The minimum atomic E-state index is -0.783. The zero-order chi connectivity index (χ0) is 14.6. The molecule has 0 unspecified atom stereocenters. The smallest absolute Gasteiger partial charge is 0.331 e. The van der Waals surface area contributed by atoms with Crippen LogP contribution in [0.1, 0.15) is 12.5 Å². The number of nitrogens with zero attached hydrogens (tertiary/aromatic N) is 3. The fraction of sp³-hybridized carbons (Fsp3) is 0.200. The average Bonchev–Trinajstić information content (AvgIpc) is 2.31. The van der Waals surface area contributed by atoms with Crippen molar-refractivity contribution in [2.24, 2.45) is 21.7 Å². The third kappa shape index (κ3) is 3.09. The lowest BCUT2D eigenvalue weighted by molar-refractivity contribution is 0.409. The summed E-state index contributed by atoms with van der Waals surface area (Å²) < 4.78 is 0.929. The normalized spacial score (nSPS) is 11.1. The number of guanidine groups is 1. The Morgan fingerprint density at radius 3 is 2.63 bits per heavy atom. The van der Waals surface area contributed by atoms with E-state index in [4.69, 9.17) is 11.5 Å². The monoisotopic (exact) mass is 266 g/mol. The summed E-state index contributed by atoms with van der Waals surface area (Å²) in [6, 6.07) is 0. The second-order valence-electron chi connectivity index (χ2n) is 3.57. The molecule has 0 radical (unpaired) electrons. The molecule has 0 saturated heterocycles. The summed E-state index contributed by atoms with van der Waals surface area (Å²) in [6.45, 7) is 4.89. The summed E-state index contributed by atoms with van der Waals surface area (Å²) >= 11 is 0. The first kappa shape index (κ1) is 14.2. The lowest BCUT2D eigenvalue weighted by Crippen LogP contribution is -2.33. The molecule has 0 fully saturated rings. The van der Waals surface area contributed by atoms with E-state index < -0.39 is 17.1 Å². The van der Waals surface area contributed by atoms with Crippen molar-refractivity contribution in [1.29, 1.82) is 0 Å². The summed E-state index contributed by atoms with van der Waals surface area (Å²) in [5, 5.41) is 16.9. The first-order valence-electron chi connectivity index (χ1n) is 5.19. The van der Waals surface area contributed by atoms with Gasteiger partial charge in [0.1, 0.15) is 5.56 Å². The Labute approximate surface area is 107 Å². The van der Waals surface area contributed by atoms with Crippen molar-refractivity contribution in [3.8, 4) is 5.88 Å². The van der Waals surface area contributed by atoms with Gasteiger partial charge in [0.2, 0.25) is 11.8 Å². The van der Waals surface area contributed by atoms with Crippen LogP contribution in [0.4, 0.5) is 0 Å². The van der Waals surface area contributed by atoms with Gasteiger partial charge in [-0.3, -0.25) is 14.3 Å². The fourth-order valence-electron chi connectivity index (χ4n) is 1.37. The van der Waals surface area contributed by atoms with E-state index in [0.29, 0.717) is 0 Å². The summed E-state index contributed by atoms with van der Waals surface area (Å²) in [5.41, 5.74) is 8.54. The maximum absolute atomic E-state index is 11.7. The van der Waals surface area contributed by atoms with Gasteiger partial charge < -0.3 is 16.6 Å². The quantitative estimate of drug-likeness (QED) is 0.224. The van der Waals surface area contributed by atoms with Crippen LogP contribution in [-0.4, -0.2) is 26.3 Å². The number of hydrogen-bond acceptors (Lipinski definition) is 5. The second kappa shape index (κ2) is 5.67. The van der Waals surface area contributed by atoms with Crippen LogP contribution in [0.5, 0.6) is 5.88 Å².